The van der Waals surface area contributed by atoms with E-state index in [9.17, 15) is 0 Å². The number of nitrogens with one attached hydrogen (secondary N) is 1. The van der Waals surface area contributed by atoms with Gasteiger partial charge in [-0.05, 0) is 36.8 Å². The largest absolute Gasteiger partial charge is 0.312 e. The summed E-state index contributed by atoms with van der Waals surface area (Å²) in [6.07, 6.45) is 2.28. The lowest BCUT2D eigenvalue weighted by atomic mass is 9.94. The van der Waals surface area contributed by atoms with Gasteiger partial charge in [0, 0.05) is 12.1 Å². The summed E-state index contributed by atoms with van der Waals surface area (Å²) in [4.78, 5) is 0. The summed E-state index contributed by atoms with van der Waals surface area (Å²) < 4.78 is 0. The van der Waals surface area contributed by atoms with E-state index in [1.54, 1.807) is 0 Å². The molecule has 0 saturated carbocycles. The van der Waals surface area contributed by atoms with Crippen molar-refractivity contribution in [1.29, 1.82) is 0 Å². The number of rotatable bonds is 6. The topological polar surface area (TPSA) is 12.0 Å². The summed E-state index contributed by atoms with van der Waals surface area (Å²) in [7, 11) is 0. The van der Waals surface area contributed by atoms with Crippen molar-refractivity contribution in [1.82, 2.24) is 5.32 Å². The van der Waals surface area contributed by atoms with Gasteiger partial charge in [-0.25, -0.2) is 0 Å². The third-order valence-corrected chi connectivity index (χ3v) is 3.44. The predicted molar refractivity (Wildman–Crippen MR) is 76.4 cm³/mol. The van der Waals surface area contributed by atoms with E-state index in [4.69, 9.17) is 0 Å². The summed E-state index contributed by atoms with van der Waals surface area (Å²) >= 11 is 0. The molecule has 1 nitrogen and oxygen atoms in total. The Kier molecular flexibility index (Phi) is 5.70. The quantitative estimate of drug-likeness (QED) is 0.787. The van der Waals surface area contributed by atoms with Gasteiger partial charge < -0.3 is 5.32 Å². The van der Waals surface area contributed by atoms with Crippen molar-refractivity contribution < 1.29 is 0 Å². The first kappa shape index (κ1) is 14.2. The molecule has 1 aromatic carbocycles. The summed E-state index contributed by atoms with van der Waals surface area (Å²) in [5.74, 6) is 0.671. The number of hydrogen-bond donors (Lipinski definition) is 1. The van der Waals surface area contributed by atoms with Crippen LogP contribution in [-0.4, -0.2) is 12.1 Å². The first-order valence-electron chi connectivity index (χ1n) is 6.86. The van der Waals surface area contributed by atoms with Gasteiger partial charge in [-0.15, -0.1) is 0 Å². The summed E-state index contributed by atoms with van der Waals surface area (Å²) in [5.41, 5.74) is 2.88. The Labute approximate surface area is 107 Å². The van der Waals surface area contributed by atoms with Crippen LogP contribution in [0.1, 0.15) is 45.7 Å². The van der Waals surface area contributed by atoms with Crippen LogP contribution in [0.25, 0.3) is 0 Å². The zero-order chi connectivity index (χ0) is 12.8. The second-order valence-corrected chi connectivity index (χ2v) is 5.46. The van der Waals surface area contributed by atoms with Gasteiger partial charge in [0.15, 0.2) is 0 Å². The molecule has 2 atom stereocenters. The Morgan fingerprint density at radius 1 is 0.941 bits per heavy atom. The first-order chi connectivity index (χ1) is 8.02. The fourth-order valence-corrected chi connectivity index (χ4v) is 2.15. The molecule has 0 aliphatic rings. The fraction of sp³-hybridized carbons (Fsp3) is 0.625. The third kappa shape index (κ3) is 4.91. The minimum absolute atomic E-state index is 0.565. The Hall–Kier alpha value is -0.820. The zero-order valence-electron chi connectivity index (χ0n) is 12.0. The lowest BCUT2D eigenvalue weighted by Crippen LogP contribution is -2.37. The Balaban J connectivity index is 2.51. The molecule has 2 unspecified atom stereocenters. The molecular weight excluding hydrogens is 206 g/mol. The number of hydrogen-bond acceptors (Lipinski definition) is 1. The van der Waals surface area contributed by atoms with Gasteiger partial charge >= 0.3 is 0 Å². The van der Waals surface area contributed by atoms with Crippen LogP contribution in [0.4, 0.5) is 0 Å². The normalized spacial score (nSPS) is 14.9. The minimum atomic E-state index is 0.565. The smallest absolute Gasteiger partial charge is 0.00698 e. The van der Waals surface area contributed by atoms with Crippen LogP contribution in [0.2, 0.25) is 0 Å². The number of benzene rings is 1. The van der Waals surface area contributed by atoms with Crippen LogP contribution >= 0.6 is 0 Å². The van der Waals surface area contributed by atoms with E-state index in [0.29, 0.717) is 18.0 Å². The van der Waals surface area contributed by atoms with Crippen molar-refractivity contribution >= 4 is 0 Å². The Bertz CT molecular complexity index is 313. The van der Waals surface area contributed by atoms with Crippen LogP contribution in [0, 0.1) is 5.92 Å². The van der Waals surface area contributed by atoms with E-state index in [1.807, 2.05) is 0 Å². The van der Waals surface area contributed by atoms with Gasteiger partial charge in [0.05, 0.1) is 0 Å². The molecular formula is C16H27N. The zero-order valence-corrected chi connectivity index (χ0v) is 12.0. The lowest BCUT2D eigenvalue weighted by Gasteiger charge is -2.23. The highest BCUT2D eigenvalue weighted by molar-refractivity contribution is 5.22. The van der Waals surface area contributed by atoms with Gasteiger partial charge in [0.1, 0.15) is 0 Å². The molecule has 0 aliphatic heterocycles. The van der Waals surface area contributed by atoms with Gasteiger partial charge in [-0.1, -0.05) is 52.0 Å². The van der Waals surface area contributed by atoms with Gasteiger partial charge in [-0.2, -0.15) is 0 Å². The van der Waals surface area contributed by atoms with E-state index in [1.165, 1.54) is 11.1 Å². The van der Waals surface area contributed by atoms with Crippen molar-refractivity contribution in [3.05, 3.63) is 35.4 Å². The second kappa shape index (κ2) is 6.80. The third-order valence-electron chi connectivity index (χ3n) is 3.44. The maximum atomic E-state index is 3.59. The summed E-state index contributed by atoms with van der Waals surface area (Å²) in [5, 5.41) is 3.59. The Morgan fingerprint density at radius 2 is 1.47 bits per heavy atom. The molecule has 0 aromatic heterocycles. The monoisotopic (exact) mass is 233 g/mol. The molecule has 0 saturated heterocycles. The van der Waals surface area contributed by atoms with Crippen LogP contribution < -0.4 is 5.32 Å². The molecule has 1 rings (SSSR count). The predicted octanol–water partition coefficient (Wildman–Crippen LogP) is 3.81. The molecule has 0 bridgehead atoms. The molecule has 0 fully saturated rings. The maximum absolute atomic E-state index is 3.59. The minimum Gasteiger partial charge on any atom is -0.312 e. The van der Waals surface area contributed by atoms with E-state index in [0.717, 1.165) is 12.8 Å². The van der Waals surface area contributed by atoms with Crippen molar-refractivity contribution in [2.45, 2.75) is 59.5 Å². The highest BCUT2D eigenvalue weighted by atomic mass is 14.9. The molecule has 0 spiro atoms. The standard InChI is InChI=1S/C16H27N/c1-6-15-7-9-16(10-8-15)11-13(4)14(5)17-12(2)3/h7-10,12-14,17H,6,11H2,1-5H3. The lowest BCUT2D eigenvalue weighted by molar-refractivity contribution is 0.372. The molecule has 0 aliphatic carbocycles. The van der Waals surface area contributed by atoms with Crippen LogP contribution in [0.15, 0.2) is 24.3 Å². The van der Waals surface area contributed by atoms with Crippen molar-refractivity contribution in [2.24, 2.45) is 5.92 Å². The summed E-state index contributed by atoms with van der Waals surface area (Å²) in [6, 6.07) is 10.2. The molecule has 17 heavy (non-hydrogen) atoms. The van der Waals surface area contributed by atoms with Gasteiger partial charge in [-0.3, -0.25) is 0 Å². The second-order valence-electron chi connectivity index (χ2n) is 5.46. The molecule has 0 amide bonds. The molecule has 1 N–H and O–H groups in total. The number of aryl methyl sites for hydroxylation is 1. The van der Waals surface area contributed by atoms with Gasteiger partial charge in [0.25, 0.3) is 0 Å². The maximum Gasteiger partial charge on any atom is 0.00698 e. The van der Waals surface area contributed by atoms with Crippen LogP contribution in [0.5, 0.6) is 0 Å². The highest BCUT2D eigenvalue weighted by Crippen LogP contribution is 2.13. The highest BCUT2D eigenvalue weighted by Gasteiger charge is 2.13. The SMILES string of the molecule is CCc1ccc(CC(C)C(C)NC(C)C)cc1. The molecule has 0 radical (unpaired) electrons. The van der Waals surface area contributed by atoms with Crippen LogP contribution in [0.3, 0.4) is 0 Å². The Morgan fingerprint density at radius 3 is 1.94 bits per heavy atom. The van der Waals surface area contributed by atoms with E-state index >= 15 is 0 Å². The molecule has 0 heterocycles. The van der Waals surface area contributed by atoms with E-state index in [2.05, 4.69) is 64.2 Å². The van der Waals surface area contributed by atoms with Crippen molar-refractivity contribution in [3.63, 3.8) is 0 Å². The summed E-state index contributed by atoms with van der Waals surface area (Å²) in [6.45, 7) is 11.2. The molecule has 1 heteroatoms. The van der Waals surface area contributed by atoms with Crippen molar-refractivity contribution in [3.8, 4) is 0 Å². The molecule has 1 aromatic rings. The molecule has 96 valence electrons. The fourth-order valence-electron chi connectivity index (χ4n) is 2.15. The van der Waals surface area contributed by atoms with E-state index < -0.39 is 0 Å². The van der Waals surface area contributed by atoms with Gasteiger partial charge in [0.2, 0.25) is 0 Å². The van der Waals surface area contributed by atoms with Crippen molar-refractivity contribution in [2.75, 3.05) is 0 Å². The first-order valence-corrected chi connectivity index (χ1v) is 6.86. The van der Waals surface area contributed by atoms with E-state index in [-0.39, 0.29) is 0 Å². The van der Waals surface area contributed by atoms with Crippen LogP contribution in [-0.2, 0) is 12.8 Å². The average Bonchev–Trinajstić information content (AvgIpc) is 2.29. The average molecular weight is 233 g/mol.